The second kappa shape index (κ2) is 25.8. The first-order valence-electron chi connectivity index (χ1n) is 24.8. The molecule has 28 heteroatoms. The Morgan fingerprint density at radius 3 is 1.48 bits per heavy atom. The molecule has 0 bridgehead atoms. The summed E-state index contributed by atoms with van der Waals surface area (Å²) in [5.74, 6) is -9.88. The lowest BCUT2D eigenvalue weighted by molar-refractivity contribution is -0.317. The Morgan fingerprint density at radius 2 is 0.951 bits per heavy atom. The topological polar surface area (TPSA) is 362 Å². The Hall–Kier alpha value is -8.47. The Morgan fingerprint density at radius 1 is 0.469 bits per heavy atom. The number of carbonyl (C=O) groups is 9. The zero-order valence-electron chi connectivity index (χ0n) is 44.9. The minimum absolute atomic E-state index is 0.00335. The summed E-state index contributed by atoms with van der Waals surface area (Å²) in [7, 11) is 1.30. The number of benzene rings is 3. The van der Waals surface area contributed by atoms with Crippen molar-refractivity contribution < 1.29 is 134 Å². The number of aromatic hydroxyl groups is 3. The van der Waals surface area contributed by atoms with Gasteiger partial charge in [-0.3, -0.25) is 43.2 Å². The number of ketones is 1. The molecule has 3 aromatic carbocycles. The molecule has 0 aliphatic carbocycles. The van der Waals surface area contributed by atoms with Gasteiger partial charge in [0, 0.05) is 73.1 Å². The van der Waals surface area contributed by atoms with Gasteiger partial charge in [0.05, 0.1) is 13.7 Å². The molecule has 2 saturated heterocycles. The van der Waals surface area contributed by atoms with Gasteiger partial charge in [-0.05, 0) is 29.8 Å². The van der Waals surface area contributed by atoms with Gasteiger partial charge in [0.25, 0.3) is 0 Å². The van der Waals surface area contributed by atoms with Gasteiger partial charge in [-0.25, -0.2) is 0 Å². The number of methoxy groups -OCH3 is 1. The summed E-state index contributed by atoms with van der Waals surface area (Å²) >= 11 is 0. The molecular weight excluding hydrogens is 1080 g/mol. The van der Waals surface area contributed by atoms with Crippen LogP contribution < -0.4 is 18.9 Å². The average molecular weight is 1140 g/mol. The first-order valence-corrected chi connectivity index (χ1v) is 24.8. The van der Waals surface area contributed by atoms with Crippen LogP contribution in [0.3, 0.4) is 0 Å². The average Bonchev–Trinajstić information content (AvgIpc) is 3.09. The van der Waals surface area contributed by atoms with Crippen molar-refractivity contribution in [3.05, 3.63) is 65.2 Å². The van der Waals surface area contributed by atoms with Crippen LogP contribution in [0.2, 0.25) is 0 Å². The highest BCUT2D eigenvalue weighted by molar-refractivity contribution is 6.06. The molecule has 0 radical (unpaired) electrons. The maximum atomic E-state index is 14.8. The minimum Gasteiger partial charge on any atom is -0.508 e. The van der Waals surface area contributed by atoms with Crippen LogP contribution in [0.5, 0.6) is 40.2 Å². The molecule has 4 heterocycles. The van der Waals surface area contributed by atoms with Gasteiger partial charge in [0.15, 0.2) is 96.6 Å². The van der Waals surface area contributed by atoms with Crippen LogP contribution in [0.4, 0.5) is 0 Å². The van der Waals surface area contributed by atoms with Crippen molar-refractivity contribution in [1.29, 1.82) is 0 Å². The molecule has 4 aliphatic rings. The monoisotopic (exact) mass is 1140 g/mol. The maximum absolute atomic E-state index is 14.8. The largest absolute Gasteiger partial charge is 0.508 e. The molecule has 2 unspecified atom stereocenters. The van der Waals surface area contributed by atoms with Gasteiger partial charge in [0.1, 0.15) is 48.2 Å². The molecule has 14 atom stereocenters. The van der Waals surface area contributed by atoms with E-state index in [0.717, 1.165) is 67.5 Å². The van der Waals surface area contributed by atoms with Gasteiger partial charge >= 0.3 is 47.8 Å². The lowest BCUT2D eigenvalue weighted by Gasteiger charge is -2.45. The van der Waals surface area contributed by atoms with Gasteiger partial charge < -0.3 is 91.1 Å². The Balaban J connectivity index is 1.29. The van der Waals surface area contributed by atoms with Gasteiger partial charge in [-0.15, -0.1) is 0 Å². The number of fused-ring (bicyclic) bond motifs is 2. The number of phenolic OH excluding ortho intramolecular Hbond substituents is 3. The predicted octanol–water partition coefficient (Wildman–Crippen LogP) is 2.58. The Labute approximate surface area is 460 Å². The van der Waals surface area contributed by atoms with Crippen LogP contribution in [-0.4, -0.2) is 169 Å². The van der Waals surface area contributed by atoms with Crippen molar-refractivity contribution >= 4 is 53.5 Å². The third kappa shape index (κ3) is 14.5. The Bertz CT molecular complexity index is 2900. The van der Waals surface area contributed by atoms with E-state index in [-0.39, 0.29) is 34.3 Å². The van der Waals surface area contributed by atoms with E-state index in [2.05, 4.69) is 0 Å². The molecule has 438 valence electrons. The molecule has 3 aromatic rings. The third-order valence-corrected chi connectivity index (χ3v) is 12.4. The van der Waals surface area contributed by atoms with Gasteiger partial charge in [-0.1, -0.05) is 12.1 Å². The summed E-state index contributed by atoms with van der Waals surface area (Å²) in [5, 5.41) is 32.2. The summed E-state index contributed by atoms with van der Waals surface area (Å²) in [4.78, 5) is 114. The highest BCUT2D eigenvalue weighted by Gasteiger charge is 2.56. The van der Waals surface area contributed by atoms with Crippen LogP contribution in [0, 0.1) is 0 Å². The number of phenols is 3. The molecule has 0 saturated carbocycles. The van der Waals surface area contributed by atoms with E-state index in [4.69, 9.17) is 75.8 Å². The van der Waals surface area contributed by atoms with E-state index in [0.29, 0.717) is 5.56 Å². The van der Waals surface area contributed by atoms with E-state index in [1.165, 1.54) is 43.5 Å². The number of Topliss-reactive ketones (excluding diaryl/α,β-unsaturated/α-hetero) is 1. The van der Waals surface area contributed by atoms with Crippen LogP contribution >= 0.6 is 0 Å². The van der Waals surface area contributed by atoms with Crippen LogP contribution in [0.25, 0.3) is 0 Å². The van der Waals surface area contributed by atoms with E-state index in [9.17, 15) is 58.5 Å². The zero-order chi connectivity index (χ0) is 59.1. The van der Waals surface area contributed by atoms with Gasteiger partial charge in [0.2, 0.25) is 5.78 Å². The molecule has 0 aromatic heterocycles. The zero-order valence-corrected chi connectivity index (χ0v) is 44.9. The molecule has 3 N–H and O–H groups in total. The molecule has 4 aliphatic heterocycles. The number of ether oxygens (including phenoxy) is 16. The smallest absolute Gasteiger partial charge is 0.303 e. The van der Waals surface area contributed by atoms with Gasteiger partial charge in [-0.2, -0.15) is 0 Å². The first-order chi connectivity index (χ1) is 38.3. The SMILES string of the molecule is COc1cc(C2Oc3cc([C@H]4Oc5cc(O)cc(O)c5C(=O)[C@@H]4O[C@@H]4O[C@H](COC(C)=O)[C@H](OC(C)=O)[C@H](OC(C)=O)[C@H]4OC(C)=O)ccc3OC2CO[C@@H]2O[C@H](COC(C)=O)[C@H](OC(C)=O)[C@H](OC(C)=O)[C@H]2OC(C)=O)ccc1O. The van der Waals surface area contributed by atoms with E-state index in [1.54, 1.807) is 0 Å². The van der Waals surface area contributed by atoms with E-state index >= 15 is 0 Å². The number of hydrogen-bond donors (Lipinski definition) is 3. The maximum Gasteiger partial charge on any atom is 0.303 e. The van der Waals surface area contributed by atoms with Crippen molar-refractivity contribution in [3.63, 3.8) is 0 Å². The predicted molar refractivity (Wildman–Crippen MR) is 261 cm³/mol. The van der Waals surface area contributed by atoms with Crippen molar-refractivity contribution in [1.82, 2.24) is 0 Å². The van der Waals surface area contributed by atoms with Crippen molar-refractivity contribution in [3.8, 4) is 40.2 Å². The first kappa shape index (κ1) is 60.2. The molecule has 2 fully saturated rings. The van der Waals surface area contributed by atoms with Crippen molar-refractivity contribution in [2.24, 2.45) is 0 Å². The van der Waals surface area contributed by atoms with E-state index in [1.807, 2.05) is 0 Å². The Kier molecular flexibility index (Phi) is 19.1. The van der Waals surface area contributed by atoms with Crippen LogP contribution in [-0.2, 0) is 95.2 Å². The fourth-order valence-electron chi connectivity index (χ4n) is 9.34. The minimum atomic E-state index is -1.94. The molecule has 28 nitrogen and oxygen atoms in total. The molecule has 0 amide bonds. The van der Waals surface area contributed by atoms with E-state index < -0.39 is 176 Å². The van der Waals surface area contributed by atoms with Crippen molar-refractivity contribution in [2.75, 3.05) is 26.9 Å². The summed E-state index contributed by atoms with van der Waals surface area (Å²) in [6.07, 6.45) is -22.3. The summed E-state index contributed by atoms with van der Waals surface area (Å²) in [6, 6.07) is 10.3. The van der Waals surface area contributed by atoms with Crippen LogP contribution in [0.1, 0.15) is 89.1 Å². The highest BCUT2D eigenvalue weighted by Crippen LogP contribution is 2.48. The number of carbonyl (C=O) groups excluding carboxylic acids is 9. The van der Waals surface area contributed by atoms with Crippen LogP contribution in [0.15, 0.2) is 48.5 Å². The second-order valence-electron chi connectivity index (χ2n) is 18.6. The quantitative estimate of drug-likeness (QED) is 0.122. The third-order valence-electron chi connectivity index (χ3n) is 12.4. The van der Waals surface area contributed by atoms with Crippen molar-refractivity contribution in [2.45, 2.75) is 141 Å². The molecule has 0 spiro atoms. The summed E-state index contributed by atoms with van der Waals surface area (Å²) < 4.78 is 93.5. The number of esters is 8. The number of hydrogen-bond acceptors (Lipinski definition) is 28. The lowest BCUT2D eigenvalue weighted by atomic mass is 9.91. The summed E-state index contributed by atoms with van der Waals surface area (Å²) in [5.41, 5.74) is -0.105. The fraction of sp³-hybridized carbons (Fsp3) is 0.491. The highest BCUT2D eigenvalue weighted by atomic mass is 16.8. The summed E-state index contributed by atoms with van der Waals surface area (Å²) in [6.45, 7) is 6.67. The molecule has 7 rings (SSSR count). The molecular formula is C53H58O28. The lowest BCUT2D eigenvalue weighted by Crippen LogP contribution is -2.64. The standard InChI is InChI=1S/C53H58O28/c1-21(54)67-18-39-45(70-23(3)56)48(72-25(5)58)50(74-27(7)60)52(79-39)69-20-38-43(29-10-12-32(63)35(14-29)66-9)77-36-15-30(11-13-34(36)76-38)44-47(42(65)41-33(64)16-31(62)17-37(41)78-44)81-53-51(75-28(8)61)49(73-26(6)59)46(71-24(4)57)40(80-53)19-68-22(2)55/h10-17,38-40,43-53,62-64H,18-20H2,1-9H3/t38?,39-,40-,43?,44-,45+,46+,47+,48+,49+,50-,51-,52-,53+/m1/s1. The molecule has 81 heavy (non-hydrogen) atoms. The fourth-order valence-corrected chi connectivity index (χ4v) is 9.34. The number of rotatable bonds is 18. The normalized spacial score (nSPS) is 27.3. The second-order valence-corrected chi connectivity index (χ2v) is 18.6.